The molecule has 0 heterocycles. The van der Waals surface area contributed by atoms with Crippen LogP contribution in [0.15, 0.2) is 47.8 Å². The monoisotopic (exact) mass is 342 g/mol. The quantitative estimate of drug-likeness (QED) is 0.183. The van der Waals surface area contributed by atoms with Crippen molar-refractivity contribution >= 4 is 11.6 Å². The van der Waals surface area contributed by atoms with E-state index in [-0.39, 0.29) is 18.0 Å². The molecular formula is C20H32ClFO. The van der Waals surface area contributed by atoms with Gasteiger partial charge in [0.2, 0.25) is 0 Å². The molecule has 1 atom stereocenters. The Kier molecular flexibility index (Phi) is 15.2. The van der Waals surface area contributed by atoms with Crippen LogP contribution in [-0.4, -0.2) is 12.8 Å². The van der Waals surface area contributed by atoms with Gasteiger partial charge < -0.3 is 4.74 Å². The first-order valence-corrected chi connectivity index (χ1v) is 9.08. The summed E-state index contributed by atoms with van der Waals surface area (Å²) in [4.78, 5) is 0. The maximum absolute atomic E-state index is 13.0. The number of unbranched alkanes of at least 4 members (excludes halogenated alkanes) is 4. The van der Waals surface area contributed by atoms with Crippen molar-refractivity contribution in [2.24, 2.45) is 0 Å². The molecule has 1 nitrogen and oxygen atoms in total. The van der Waals surface area contributed by atoms with E-state index in [0.29, 0.717) is 6.42 Å². The Labute approximate surface area is 146 Å². The molecule has 0 bridgehead atoms. The number of ether oxygens (including phenoxy) is 1. The van der Waals surface area contributed by atoms with Crippen molar-refractivity contribution in [2.75, 3.05) is 6.67 Å². The van der Waals surface area contributed by atoms with Crippen molar-refractivity contribution in [2.45, 2.75) is 71.3 Å². The van der Waals surface area contributed by atoms with Crippen LogP contribution in [0.2, 0.25) is 0 Å². The number of alkyl halides is 1. The predicted molar refractivity (Wildman–Crippen MR) is 100 cm³/mol. The summed E-state index contributed by atoms with van der Waals surface area (Å²) in [5.41, 5.74) is 0.835. The highest BCUT2D eigenvalue weighted by Crippen LogP contribution is 2.12. The van der Waals surface area contributed by atoms with E-state index < -0.39 is 0 Å². The van der Waals surface area contributed by atoms with Gasteiger partial charge in [-0.3, -0.25) is 0 Å². The van der Waals surface area contributed by atoms with Crippen LogP contribution >= 0.6 is 11.6 Å². The van der Waals surface area contributed by atoms with Gasteiger partial charge in [-0.05, 0) is 74.8 Å². The van der Waals surface area contributed by atoms with E-state index in [1.165, 1.54) is 6.42 Å². The van der Waals surface area contributed by atoms with Crippen LogP contribution in [0.25, 0.3) is 0 Å². The largest absolute Gasteiger partial charge is 0.476 e. The van der Waals surface area contributed by atoms with Gasteiger partial charge in [-0.1, -0.05) is 44.6 Å². The first kappa shape index (κ1) is 22.0. The number of hydrogen-bond donors (Lipinski definition) is 0. The Morgan fingerprint density at radius 2 is 1.83 bits per heavy atom. The maximum atomic E-state index is 13.0. The van der Waals surface area contributed by atoms with Crippen molar-refractivity contribution < 1.29 is 9.13 Å². The van der Waals surface area contributed by atoms with Gasteiger partial charge in [0.25, 0.3) is 0 Å². The first-order chi connectivity index (χ1) is 11.1. The fraction of sp³-hybridized carbons (Fsp3) is 0.600. The van der Waals surface area contributed by atoms with Crippen molar-refractivity contribution in [3.05, 3.63) is 47.8 Å². The van der Waals surface area contributed by atoms with Gasteiger partial charge in [0.1, 0.15) is 12.8 Å². The van der Waals surface area contributed by atoms with Gasteiger partial charge in [-0.25, -0.2) is 4.39 Å². The van der Waals surface area contributed by atoms with Crippen molar-refractivity contribution in [3.8, 4) is 0 Å². The molecule has 23 heavy (non-hydrogen) atoms. The van der Waals surface area contributed by atoms with Gasteiger partial charge >= 0.3 is 0 Å². The Balaban J connectivity index is 4.01. The highest BCUT2D eigenvalue weighted by atomic mass is 35.5. The second-order valence-corrected chi connectivity index (χ2v) is 6.01. The zero-order valence-corrected chi connectivity index (χ0v) is 15.5. The summed E-state index contributed by atoms with van der Waals surface area (Å²) >= 11 is 5.63. The van der Waals surface area contributed by atoms with E-state index in [1.807, 2.05) is 25.2 Å². The zero-order valence-electron chi connectivity index (χ0n) is 14.7. The second kappa shape index (κ2) is 15.9. The zero-order chi connectivity index (χ0) is 17.3. The number of rotatable bonds is 14. The lowest BCUT2D eigenvalue weighted by Gasteiger charge is -2.11. The molecule has 0 aromatic carbocycles. The fourth-order valence-corrected chi connectivity index (χ4v) is 2.22. The molecule has 1 unspecified atom stereocenters. The van der Waals surface area contributed by atoms with E-state index in [0.717, 1.165) is 44.1 Å². The minimum absolute atomic E-state index is 0.0873. The molecule has 0 N–H and O–H groups in total. The first-order valence-electron chi connectivity index (χ1n) is 8.70. The van der Waals surface area contributed by atoms with Crippen molar-refractivity contribution in [1.29, 1.82) is 0 Å². The van der Waals surface area contributed by atoms with E-state index in [9.17, 15) is 4.39 Å². The summed E-state index contributed by atoms with van der Waals surface area (Å²) in [6.07, 6.45) is 18.5. The van der Waals surface area contributed by atoms with Crippen molar-refractivity contribution in [1.82, 2.24) is 0 Å². The van der Waals surface area contributed by atoms with Gasteiger partial charge in [-0.2, -0.15) is 0 Å². The van der Waals surface area contributed by atoms with E-state index in [2.05, 4.69) is 25.7 Å². The van der Waals surface area contributed by atoms with Gasteiger partial charge in [0, 0.05) is 0 Å². The van der Waals surface area contributed by atoms with Crippen LogP contribution in [0.4, 0.5) is 4.39 Å². The lowest BCUT2D eigenvalue weighted by molar-refractivity contribution is 0.172. The molecule has 0 aliphatic rings. The van der Waals surface area contributed by atoms with Gasteiger partial charge in [0.05, 0.1) is 0 Å². The van der Waals surface area contributed by atoms with Crippen molar-refractivity contribution in [3.63, 3.8) is 0 Å². The van der Waals surface area contributed by atoms with Crippen LogP contribution in [0, 0.1) is 0 Å². The molecule has 132 valence electrons. The molecule has 0 spiro atoms. The Morgan fingerprint density at radius 3 is 2.43 bits per heavy atom. The second-order valence-electron chi connectivity index (χ2n) is 5.59. The summed E-state index contributed by atoms with van der Waals surface area (Å²) in [6, 6.07) is 0. The third-order valence-corrected chi connectivity index (χ3v) is 3.55. The lowest BCUT2D eigenvalue weighted by Crippen LogP contribution is -2.05. The SMILES string of the molecule is C=C(Cl)OC(/C=C\C/C(=C\CCCC/C=C\CCC)CF)CC. The Bertz CT molecular complexity index is 385. The van der Waals surface area contributed by atoms with Crippen LogP contribution in [0.3, 0.4) is 0 Å². The number of allylic oxidation sites excluding steroid dienone is 5. The summed E-state index contributed by atoms with van der Waals surface area (Å²) in [5.74, 6) is 0. The molecule has 0 saturated heterocycles. The molecule has 0 aliphatic heterocycles. The summed E-state index contributed by atoms with van der Waals surface area (Å²) in [6.45, 7) is 7.32. The molecular weight excluding hydrogens is 311 g/mol. The minimum Gasteiger partial charge on any atom is -0.476 e. The maximum Gasteiger partial charge on any atom is 0.180 e. The highest BCUT2D eigenvalue weighted by Gasteiger charge is 2.02. The number of halogens is 2. The molecule has 0 aromatic heterocycles. The number of hydrogen-bond acceptors (Lipinski definition) is 1. The molecule has 3 heteroatoms. The molecule has 0 fully saturated rings. The minimum atomic E-state index is -0.388. The van der Waals surface area contributed by atoms with Gasteiger partial charge in [-0.15, -0.1) is 0 Å². The Hall–Kier alpha value is -1.02. The molecule has 0 radical (unpaired) electrons. The van der Waals surface area contributed by atoms with Gasteiger partial charge in [0.15, 0.2) is 5.22 Å². The van der Waals surface area contributed by atoms with Crippen LogP contribution in [-0.2, 0) is 4.74 Å². The van der Waals surface area contributed by atoms with E-state index in [4.69, 9.17) is 16.3 Å². The molecule has 0 amide bonds. The molecule has 0 aromatic rings. The van der Waals surface area contributed by atoms with Crippen LogP contribution in [0.5, 0.6) is 0 Å². The molecule has 0 saturated carbocycles. The fourth-order valence-electron chi connectivity index (χ4n) is 2.10. The predicted octanol–water partition coefficient (Wildman–Crippen LogP) is 7.25. The van der Waals surface area contributed by atoms with E-state index in [1.54, 1.807) is 0 Å². The van der Waals surface area contributed by atoms with E-state index >= 15 is 0 Å². The summed E-state index contributed by atoms with van der Waals surface area (Å²) in [5, 5.41) is 0.191. The lowest BCUT2D eigenvalue weighted by atomic mass is 10.1. The van der Waals surface area contributed by atoms with Crippen LogP contribution < -0.4 is 0 Å². The average Bonchev–Trinajstić information content (AvgIpc) is 2.54. The van der Waals surface area contributed by atoms with Crippen LogP contribution in [0.1, 0.15) is 65.2 Å². The molecule has 0 aliphatic carbocycles. The average molecular weight is 343 g/mol. The smallest absolute Gasteiger partial charge is 0.180 e. The summed E-state index contributed by atoms with van der Waals surface area (Å²) < 4.78 is 18.3. The standard InChI is InChI=1S/C20H32ClFO/c1-4-6-7-8-9-10-11-12-14-19(17-22)15-13-16-20(5-2)23-18(3)21/h7-8,13-14,16,20H,3-6,9-12,15,17H2,1-2H3/b8-7-,16-13-,19-14+. The molecule has 0 rings (SSSR count). The third kappa shape index (κ3) is 14.3. The Morgan fingerprint density at radius 1 is 1.13 bits per heavy atom. The normalized spacial score (nSPS) is 13.8. The third-order valence-electron chi connectivity index (χ3n) is 3.46. The highest BCUT2D eigenvalue weighted by molar-refractivity contribution is 6.27. The summed E-state index contributed by atoms with van der Waals surface area (Å²) in [7, 11) is 0. The topological polar surface area (TPSA) is 9.23 Å².